The molecule has 1 rings (SSSR count). The molecule has 0 spiro atoms. The standard InChI is InChI=1S/C29H41ClN2O5/c1-20(19-21(2)24-13-9-15-26(35)37-24)11-7-8-14-25(34)32-27(29(4,5)6)28(36)31-18-10-12-23(33)17-16-22(3)30/h7-11,14-16,18-19,21,23-24,27,33H,12-13,17H2,1-6H3,(H,31,36)(H,32,34)/t21-,23+,24-,27+/m0/s1. The second-order valence-electron chi connectivity index (χ2n) is 10.2. The Labute approximate surface area is 226 Å². The Bertz CT molecular complexity index is 965. The molecule has 0 unspecified atom stereocenters. The molecule has 1 aliphatic rings. The van der Waals surface area contributed by atoms with E-state index in [9.17, 15) is 19.5 Å². The molecule has 37 heavy (non-hydrogen) atoms. The third-order valence-electron chi connectivity index (χ3n) is 5.56. The molecule has 8 heteroatoms. The monoisotopic (exact) mass is 532 g/mol. The number of hydrogen-bond acceptors (Lipinski definition) is 5. The van der Waals surface area contributed by atoms with Crippen LogP contribution in [-0.2, 0) is 19.1 Å². The minimum atomic E-state index is -0.764. The van der Waals surface area contributed by atoms with E-state index in [2.05, 4.69) is 10.6 Å². The molecule has 7 nitrogen and oxygen atoms in total. The van der Waals surface area contributed by atoms with Crippen LogP contribution in [0, 0.1) is 11.3 Å². The van der Waals surface area contributed by atoms with Gasteiger partial charge in [0.1, 0.15) is 12.1 Å². The molecule has 204 valence electrons. The van der Waals surface area contributed by atoms with Crippen molar-refractivity contribution in [1.82, 2.24) is 10.6 Å². The number of nitrogens with one attached hydrogen (secondary N) is 2. The summed E-state index contributed by atoms with van der Waals surface area (Å²) >= 11 is 5.76. The van der Waals surface area contributed by atoms with Gasteiger partial charge in [-0.3, -0.25) is 9.59 Å². The lowest BCUT2D eigenvalue weighted by Gasteiger charge is -2.29. The second kappa shape index (κ2) is 16.0. The van der Waals surface area contributed by atoms with Crippen molar-refractivity contribution in [3.05, 3.63) is 71.5 Å². The fourth-order valence-electron chi connectivity index (χ4n) is 3.49. The van der Waals surface area contributed by atoms with E-state index in [-0.39, 0.29) is 23.9 Å². The third kappa shape index (κ3) is 13.8. The van der Waals surface area contributed by atoms with Crippen LogP contribution < -0.4 is 10.6 Å². The first-order chi connectivity index (χ1) is 17.3. The lowest BCUT2D eigenvalue weighted by Crippen LogP contribution is -2.52. The van der Waals surface area contributed by atoms with Gasteiger partial charge in [-0.25, -0.2) is 4.79 Å². The van der Waals surface area contributed by atoms with E-state index in [1.165, 1.54) is 18.4 Å². The number of carbonyl (C=O) groups excluding carboxylic acids is 3. The summed E-state index contributed by atoms with van der Waals surface area (Å²) in [6, 6.07) is -0.764. The number of allylic oxidation sites excluding steroid dienone is 5. The van der Waals surface area contributed by atoms with Crippen molar-refractivity contribution in [2.75, 3.05) is 0 Å². The van der Waals surface area contributed by atoms with Crippen molar-refractivity contribution in [1.29, 1.82) is 0 Å². The molecule has 0 saturated heterocycles. The molecule has 0 radical (unpaired) electrons. The van der Waals surface area contributed by atoms with E-state index < -0.39 is 23.5 Å². The number of cyclic esters (lactones) is 1. The molecular formula is C29H41ClN2O5. The number of aliphatic hydroxyl groups is 1. The first-order valence-electron chi connectivity index (χ1n) is 12.5. The highest BCUT2D eigenvalue weighted by atomic mass is 35.5. The van der Waals surface area contributed by atoms with Crippen LogP contribution in [0.25, 0.3) is 0 Å². The smallest absolute Gasteiger partial charge is 0.330 e. The highest BCUT2D eigenvalue weighted by Crippen LogP contribution is 2.20. The van der Waals surface area contributed by atoms with Gasteiger partial charge in [-0.15, -0.1) is 0 Å². The number of amides is 2. The molecule has 0 aromatic rings. The Balaban J connectivity index is 2.62. The quantitative estimate of drug-likeness (QED) is 0.186. The van der Waals surface area contributed by atoms with Crippen LogP contribution in [-0.4, -0.2) is 41.1 Å². The molecule has 0 aliphatic carbocycles. The summed E-state index contributed by atoms with van der Waals surface area (Å²) in [6.45, 7) is 11.3. The maximum absolute atomic E-state index is 12.7. The van der Waals surface area contributed by atoms with Crippen LogP contribution in [0.1, 0.15) is 60.8 Å². The lowest BCUT2D eigenvalue weighted by atomic mass is 9.86. The normalized spacial score (nSPS) is 19.8. The first-order valence-corrected chi connectivity index (χ1v) is 12.8. The van der Waals surface area contributed by atoms with Crippen LogP contribution in [0.5, 0.6) is 0 Å². The summed E-state index contributed by atoms with van der Waals surface area (Å²) in [6.07, 6.45) is 17.4. The van der Waals surface area contributed by atoms with Gasteiger partial charge in [0.2, 0.25) is 11.8 Å². The van der Waals surface area contributed by atoms with Gasteiger partial charge in [-0.05, 0) is 38.3 Å². The Morgan fingerprint density at radius 1 is 1.22 bits per heavy atom. The minimum absolute atomic E-state index is 0.0564. The summed E-state index contributed by atoms with van der Waals surface area (Å²) in [5.74, 6) is -1.00. The third-order valence-corrected chi connectivity index (χ3v) is 5.71. The summed E-state index contributed by atoms with van der Waals surface area (Å²) < 4.78 is 5.33. The average molecular weight is 533 g/mol. The Hall–Kier alpha value is -2.90. The molecule has 1 heterocycles. The molecular weight excluding hydrogens is 492 g/mol. The van der Waals surface area contributed by atoms with E-state index in [0.717, 1.165) is 5.57 Å². The Morgan fingerprint density at radius 3 is 2.51 bits per heavy atom. The average Bonchev–Trinajstić information content (AvgIpc) is 2.80. The van der Waals surface area contributed by atoms with Gasteiger partial charge in [-0.1, -0.05) is 87.4 Å². The maximum atomic E-state index is 12.7. The van der Waals surface area contributed by atoms with Gasteiger partial charge in [-0.2, -0.15) is 0 Å². The van der Waals surface area contributed by atoms with Crippen LogP contribution >= 0.6 is 11.6 Å². The Morgan fingerprint density at radius 2 is 1.89 bits per heavy atom. The molecule has 0 aromatic carbocycles. The van der Waals surface area contributed by atoms with Crippen LogP contribution in [0.15, 0.2) is 71.5 Å². The number of rotatable bonds is 12. The van der Waals surface area contributed by atoms with Crippen molar-refractivity contribution in [2.45, 2.75) is 79.1 Å². The zero-order valence-corrected chi connectivity index (χ0v) is 23.4. The van der Waals surface area contributed by atoms with E-state index >= 15 is 0 Å². The van der Waals surface area contributed by atoms with Crippen molar-refractivity contribution in [3.63, 3.8) is 0 Å². The van der Waals surface area contributed by atoms with Crippen molar-refractivity contribution in [2.24, 2.45) is 11.3 Å². The highest BCUT2D eigenvalue weighted by molar-refractivity contribution is 6.29. The molecule has 0 fully saturated rings. The largest absolute Gasteiger partial charge is 0.458 e. The van der Waals surface area contributed by atoms with E-state index in [1.807, 2.05) is 52.8 Å². The fraction of sp³-hybridized carbons (Fsp3) is 0.483. The molecule has 4 atom stereocenters. The number of esters is 1. The van der Waals surface area contributed by atoms with Gasteiger partial charge >= 0.3 is 5.97 Å². The number of carbonyl (C=O) groups is 3. The maximum Gasteiger partial charge on any atom is 0.330 e. The number of ether oxygens (including phenoxy) is 1. The molecule has 2 amide bonds. The first kappa shape index (κ1) is 32.1. The van der Waals surface area contributed by atoms with Gasteiger partial charge in [0.15, 0.2) is 0 Å². The zero-order valence-electron chi connectivity index (χ0n) is 22.7. The van der Waals surface area contributed by atoms with E-state index in [0.29, 0.717) is 24.3 Å². The number of halogens is 1. The molecule has 0 saturated carbocycles. The van der Waals surface area contributed by atoms with E-state index in [4.69, 9.17) is 16.3 Å². The van der Waals surface area contributed by atoms with Crippen LogP contribution in [0.2, 0.25) is 0 Å². The molecule has 3 N–H and O–H groups in total. The topological polar surface area (TPSA) is 105 Å². The van der Waals surface area contributed by atoms with Crippen molar-refractivity contribution >= 4 is 29.4 Å². The molecule has 0 bridgehead atoms. The van der Waals surface area contributed by atoms with Crippen molar-refractivity contribution < 1.29 is 24.2 Å². The Kier molecular flexibility index (Phi) is 13.9. The van der Waals surface area contributed by atoms with Gasteiger partial charge < -0.3 is 20.5 Å². The minimum Gasteiger partial charge on any atom is -0.458 e. The predicted molar refractivity (Wildman–Crippen MR) is 148 cm³/mol. The summed E-state index contributed by atoms with van der Waals surface area (Å²) in [7, 11) is 0. The van der Waals surface area contributed by atoms with Gasteiger partial charge in [0.05, 0.1) is 6.10 Å². The highest BCUT2D eigenvalue weighted by Gasteiger charge is 2.31. The predicted octanol–water partition coefficient (Wildman–Crippen LogP) is 5.00. The van der Waals surface area contributed by atoms with Gasteiger partial charge in [0, 0.05) is 29.5 Å². The van der Waals surface area contributed by atoms with Crippen LogP contribution in [0.3, 0.4) is 0 Å². The van der Waals surface area contributed by atoms with Crippen molar-refractivity contribution in [3.8, 4) is 0 Å². The lowest BCUT2D eigenvalue weighted by molar-refractivity contribution is -0.145. The summed E-state index contributed by atoms with van der Waals surface area (Å²) in [5.41, 5.74) is 0.452. The summed E-state index contributed by atoms with van der Waals surface area (Å²) in [4.78, 5) is 36.6. The van der Waals surface area contributed by atoms with E-state index in [1.54, 1.807) is 31.2 Å². The number of hydrogen-bond donors (Lipinski definition) is 3. The summed E-state index contributed by atoms with van der Waals surface area (Å²) in [5, 5.41) is 16.0. The van der Waals surface area contributed by atoms with Crippen LogP contribution in [0.4, 0.5) is 0 Å². The van der Waals surface area contributed by atoms with Gasteiger partial charge in [0.25, 0.3) is 0 Å². The molecule has 1 aliphatic heterocycles. The SMILES string of the molecule is CC(Cl)=CC[C@H](O)CC=CNC(=O)[C@@H](NC(=O)C=CC=CC(C)=C[C@H](C)[C@@H]1CC=CC(=O)O1)C(C)(C)C. The zero-order chi connectivity index (χ0) is 28.0. The second-order valence-corrected chi connectivity index (χ2v) is 10.8. The number of aliphatic hydroxyl groups excluding tert-OH is 1. The molecule has 0 aromatic heterocycles. The fourth-order valence-corrected chi connectivity index (χ4v) is 3.58.